The number of nitrogens with one attached hydrogen (secondary N) is 1. The van der Waals surface area contributed by atoms with E-state index in [0.717, 1.165) is 48.1 Å². The topological polar surface area (TPSA) is 32.3 Å². The fourth-order valence-electron chi connectivity index (χ4n) is 3.06. The molecule has 2 aromatic carbocycles. The summed E-state index contributed by atoms with van der Waals surface area (Å²) in [7, 11) is 0. The van der Waals surface area contributed by atoms with Crippen molar-refractivity contribution in [1.29, 1.82) is 0 Å². The van der Waals surface area contributed by atoms with E-state index >= 15 is 0 Å². The lowest BCUT2D eigenvalue weighted by molar-refractivity contribution is 0.0989. The van der Waals surface area contributed by atoms with Crippen LogP contribution in [-0.4, -0.2) is 25.5 Å². The zero-order valence-electron chi connectivity index (χ0n) is 12.7. The molecule has 21 heavy (non-hydrogen) atoms. The zero-order valence-corrected chi connectivity index (χ0v) is 12.7. The van der Waals surface area contributed by atoms with E-state index in [-0.39, 0.29) is 5.91 Å². The molecule has 0 saturated carbocycles. The van der Waals surface area contributed by atoms with Gasteiger partial charge in [-0.15, -0.1) is 0 Å². The third-order valence-corrected chi connectivity index (χ3v) is 4.06. The molecule has 2 aromatic rings. The number of hydrogen-bond donors (Lipinski definition) is 1. The van der Waals surface area contributed by atoms with E-state index in [1.807, 2.05) is 23.1 Å². The highest BCUT2D eigenvalue weighted by atomic mass is 16.2. The molecule has 3 nitrogen and oxygen atoms in total. The monoisotopic (exact) mass is 282 g/mol. The van der Waals surface area contributed by atoms with Crippen LogP contribution in [0.25, 0.3) is 10.8 Å². The third kappa shape index (κ3) is 2.54. The summed E-state index contributed by atoms with van der Waals surface area (Å²) in [6, 6.07) is 12.1. The van der Waals surface area contributed by atoms with E-state index in [9.17, 15) is 4.79 Å². The van der Waals surface area contributed by atoms with E-state index in [4.69, 9.17) is 0 Å². The lowest BCUT2D eigenvalue weighted by atomic mass is 10.1. The zero-order chi connectivity index (χ0) is 14.8. The smallest absolute Gasteiger partial charge is 0.259 e. The second-order valence-corrected chi connectivity index (χ2v) is 5.91. The molecule has 3 rings (SSSR count). The van der Waals surface area contributed by atoms with Crippen LogP contribution in [-0.2, 0) is 0 Å². The van der Waals surface area contributed by atoms with E-state index in [1.54, 1.807) is 0 Å². The standard InChI is InChI=1S/C18H22N2O/c1-3-10-19-11-13(2)12-20-16-9-5-7-14-6-4-8-15(17(14)16)18(20)21/h4-9,13,19H,3,10-12H2,1-2H3. The summed E-state index contributed by atoms with van der Waals surface area (Å²) in [6.45, 7) is 7.11. The highest BCUT2D eigenvalue weighted by Crippen LogP contribution is 2.37. The molecule has 1 amide bonds. The Labute approximate surface area is 125 Å². The van der Waals surface area contributed by atoms with Gasteiger partial charge in [0.1, 0.15) is 0 Å². The predicted octanol–water partition coefficient (Wildman–Crippen LogP) is 3.44. The van der Waals surface area contributed by atoms with E-state index in [2.05, 4.69) is 37.4 Å². The van der Waals surface area contributed by atoms with Crippen LogP contribution >= 0.6 is 0 Å². The number of rotatable bonds is 6. The Morgan fingerprint density at radius 3 is 2.71 bits per heavy atom. The summed E-state index contributed by atoms with van der Waals surface area (Å²) in [6.07, 6.45) is 1.14. The van der Waals surface area contributed by atoms with Crippen molar-refractivity contribution in [3.05, 3.63) is 42.0 Å². The molecular weight excluding hydrogens is 260 g/mol. The van der Waals surface area contributed by atoms with Gasteiger partial charge in [0.15, 0.2) is 0 Å². The number of benzene rings is 2. The van der Waals surface area contributed by atoms with Gasteiger partial charge in [0.05, 0.1) is 5.69 Å². The maximum Gasteiger partial charge on any atom is 0.259 e. The van der Waals surface area contributed by atoms with Crippen molar-refractivity contribution >= 4 is 22.4 Å². The maximum atomic E-state index is 12.6. The molecule has 1 aliphatic rings. The number of carbonyl (C=O) groups excluding carboxylic acids is 1. The largest absolute Gasteiger partial charge is 0.316 e. The summed E-state index contributed by atoms with van der Waals surface area (Å²) >= 11 is 0. The van der Waals surface area contributed by atoms with Gasteiger partial charge in [-0.1, -0.05) is 38.1 Å². The van der Waals surface area contributed by atoms with Gasteiger partial charge in [0.25, 0.3) is 5.91 Å². The Hall–Kier alpha value is -1.87. The maximum absolute atomic E-state index is 12.6. The normalized spacial score (nSPS) is 15.0. The van der Waals surface area contributed by atoms with Crippen molar-refractivity contribution in [2.24, 2.45) is 5.92 Å². The fraction of sp³-hybridized carbons (Fsp3) is 0.389. The number of amides is 1. The van der Waals surface area contributed by atoms with E-state index in [1.165, 1.54) is 0 Å². The van der Waals surface area contributed by atoms with Crippen molar-refractivity contribution in [2.45, 2.75) is 20.3 Å². The molecule has 0 saturated heterocycles. The molecule has 0 fully saturated rings. The molecule has 1 aliphatic heterocycles. The highest BCUT2D eigenvalue weighted by Gasteiger charge is 2.30. The Kier molecular flexibility index (Phi) is 3.93. The summed E-state index contributed by atoms with van der Waals surface area (Å²) in [5, 5.41) is 5.69. The minimum absolute atomic E-state index is 0.143. The number of anilines is 1. The molecule has 0 aromatic heterocycles. The van der Waals surface area contributed by atoms with E-state index in [0.29, 0.717) is 5.92 Å². The fourth-order valence-corrected chi connectivity index (χ4v) is 3.06. The lowest BCUT2D eigenvalue weighted by Gasteiger charge is -2.22. The van der Waals surface area contributed by atoms with Gasteiger partial charge >= 0.3 is 0 Å². The van der Waals surface area contributed by atoms with Crippen LogP contribution in [0.2, 0.25) is 0 Å². The molecule has 0 spiro atoms. The SMILES string of the molecule is CCCNCC(C)CN1C(=O)c2cccc3cccc1c23. The molecule has 1 unspecified atom stereocenters. The quantitative estimate of drug-likeness (QED) is 0.823. The summed E-state index contributed by atoms with van der Waals surface area (Å²) < 4.78 is 0. The first-order valence-electron chi connectivity index (χ1n) is 7.76. The second kappa shape index (κ2) is 5.86. The molecular formula is C18H22N2O. The van der Waals surface area contributed by atoms with Crippen LogP contribution in [0.1, 0.15) is 30.6 Å². The van der Waals surface area contributed by atoms with Gasteiger partial charge < -0.3 is 10.2 Å². The lowest BCUT2D eigenvalue weighted by Crippen LogP contribution is -2.35. The van der Waals surface area contributed by atoms with Crippen molar-refractivity contribution in [2.75, 3.05) is 24.5 Å². The average Bonchev–Trinajstić information content (AvgIpc) is 2.76. The van der Waals surface area contributed by atoms with Crippen LogP contribution in [0.15, 0.2) is 36.4 Å². The van der Waals surface area contributed by atoms with Crippen LogP contribution in [0.4, 0.5) is 5.69 Å². The summed E-state index contributed by atoms with van der Waals surface area (Å²) in [4.78, 5) is 14.6. The molecule has 1 N–H and O–H groups in total. The Bertz CT molecular complexity index is 660. The van der Waals surface area contributed by atoms with Gasteiger partial charge in [0, 0.05) is 17.5 Å². The van der Waals surface area contributed by atoms with Gasteiger partial charge in [0.2, 0.25) is 0 Å². The van der Waals surface area contributed by atoms with Crippen molar-refractivity contribution in [1.82, 2.24) is 5.32 Å². The van der Waals surface area contributed by atoms with Crippen molar-refractivity contribution in [3.8, 4) is 0 Å². The number of carbonyl (C=O) groups is 1. The second-order valence-electron chi connectivity index (χ2n) is 5.91. The van der Waals surface area contributed by atoms with Crippen LogP contribution in [0.5, 0.6) is 0 Å². The van der Waals surface area contributed by atoms with Crippen molar-refractivity contribution < 1.29 is 4.79 Å². The Morgan fingerprint density at radius 1 is 1.19 bits per heavy atom. The Morgan fingerprint density at radius 2 is 1.95 bits per heavy atom. The molecule has 110 valence electrons. The highest BCUT2D eigenvalue weighted by molar-refractivity contribution is 6.24. The first-order chi connectivity index (χ1) is 10.2. The van der Waals surface area contributed by atoms with Gasteiger partial charge in [-0.25, -0.2) is 0 Å². The first-order valence-corrected chi connectivity index (χ1v) is 7.76. The molecule has 0 aliphatic carbocycles. The first kappa shape index (κ1) is 14.1. The molecule has 3 heteroatoms. The molecule has 0 radical (unpaired) electrons. The van der Waals surface area contributed by atoms with Gasteiger partial charge in [-0.3, -0.25) is 4.79 Å². The molecule has 1 heterocycles. The molecule has 0 bridgehead atoms. The third-order valence-electron chi connectivity index (χ3n) is 4.06. The average molecular weight is 282 g/mol. The minimum Gasteiger partial charge on any atom is -0.316 e. The predicted molar refractivity (Wildman–Crippen MR) is 87.9 cm³/mol. The van der Waals surface area contributed by atoms with Crippen molar-refractivity contribution in [3.63, 3.8) is 0 Å². The summed E-state index contributed by atoms with van der Waals surface area (Å²) in [5.41, 5.74) is 1.91. The summed E-state index contributed by atoms with van der Waals surface area (Å²) in [5.74, 6) is 0.578. The number of nitrogens with zero attached hydrogens (tertiary/aromatic N) is 1. The van der Waals surface area contributed by atoms with Crippen LogP contribution < -0.4 is 10.2 Å². The van der Waals surface area contributed by atoms with Crippen LogP contribution in [0, 0.1) is 5.92 Å². The van der Waals surface area contributed by atoms with Crippen LogP contribution in [0.3, 0.4) is 0 Å². The Balaban J connectivity index is 1.83. The van der Waals surface area contributed by atoms with Gasteiger partial charge in [-0.05, 0) is 42.9 Å². The minimum atomic E-state index is 0.143. The number of hydrogen-bond acceptors (Lipinski definition) is 2. The molecule has 1 atom stereocenters. The van der Waals surface area contributed by atoms with E-state index < -0.39 is 0 Å². The van der Waals surface area contributed by atoms with Gasteiger partial charge in [-0.2, -0.15) is 0 Å².